The molecule has 1 aromatic heterocycles. The molecule has 0 spiro atoms. The molecule has 0 saturated heterocycles. The standard InChI is InChI=1S/C21H18F2N2O3S2/c1-27-19(26)17-12-16(11-13-5-3-2-4-6-13)30-18(17)25-21(29)24-14-7-9-15(10-8-14)28-20(22)23/h2-10,12,20H,11H2,1H3,(H2,24,25,29). The average molecular weight is 449 g/mol. The molecule has 2 N–H and O–H groups in total. The zero-order valence-electron chi connectivity index (χ0n) is 15.9. The van der Waals surface area contributed by atoms with E-state index in [2.05, 4.69) is 15.4 Å². The molecule has 3 rings (SSSR count). The number of alkyl halides is 2. The topological polar surface area (TPSA) is 59.6 Å². The minimum absolute atomic E-state index is 0.0474. The molecule has 1 heterocycles. The first-order valence-corrected chi connectivity index (χ1v) is 10.0. The predicted molar refractivity (Wildman–Crippen MR) is 118 cm³/mol. The summed E-state index contributed by atoms with van der Waals surface area (Å²) < 4.78 is 33.7. The quantitative estimate of drug-likeness (QED) is 0.366. The molecule has 9 heteroatoms. The molecule has 0 aliphatic rings. The lowest BCUT2D eigenvalue weighted by molar-refractivity contribution is -0.0498. The van der Waals surface area contributed by atoms with Gasteiger partial charge in [0.2, 0.25) is 0 Å². The maximum Gasteiger partial charge on any atom is 0.387 e. The van der Waals surface area contributed by atoms with Gasteiger partial charge in [0.05, 0.1) is 12.7 Å². The number of rotatable bonds is 7. The molecule has 5 nitrogen and oxygen atoms in total. The number of thiophene rings is 1. The number of carbonyl (C=O) groups is 1. The van der Waals surface area contributed by atoms with E-state index < -0.39 is 12.6 Å². The van der Waals surface area contributed by atoms with E-state index in [1.165, 1.54) is 30.6 Å². The van der Waals surface area contributed by atoms with Crippen LogP contribution in [0.5, 0.6) is 5.75 Å². The maximum absolute atomic E-state index is 12.2. The first-order valence-electron chi connectivity index (χ1n) is 8.82. The number of thiocarbonyl (C=S) groups is 1. The molecule has 156 valence electrons. The first-order chi connectivity index (χ1) is 14.4. The van der Waals surface area contributed by atoms with Crippen LogP contribution in [-0.2, 0) is 11.2 Å². The maximum atomic E-state index is 12.2. The Balaban J connectivity index is 1.70. The highest BCUT2D eigenvalue weighted by Gasteiger charge is 2.18. The smallest absolute Gasteiger partial charge is 0.387 e. The van der Waals surface area contributed by atoms with Crippen LogP contribution in [-0.4, -0.2) is 24.8 Å². The molecule has 2 aromatic carbocycles. The monoisotopic (exact) mass is 448 g/mol. The molecule has 0 radical (unpaired) electrons. The Morgan fingerprint density at radius 1 is 1.10 bits per heavy atom. The Morgan fingerprint density at radius 3 is 2.43 bits per heavy atom. The van der Waals surface area contributed by atoms with Crippen LogP contribution in [0.3, 0.4) is 0 Å². The van der Waals surface area contributed by atoms with Crippen LogP contribution < -0.4 is 15.4 Å². The van der Waals surface area contributed by atoms with Gasteiger partial charge >= 0.3 is 12.6 Å². The molecule has 0 aliphatic heterocycles. The van der Waals surface area contributed by atoms with Crippen molar-refractivity contribution in [3.05, 3.63) is 76.7 Å². The van der Waals surface area contributed by atoms with Gasteiger partial charge in [-0.05, 0) is 48.1 Å². The average Bonchev–Trinajstić information content (AvgIpc) is 3.11. The number of benzene rings is 2. The van der Waals surface area contributed by atoms with Crippen molar-refractivity contribution in [2.75, 3.05) is 17.7 Å². The fourth-order valence-corrected chi connectivity index (χ4v) is 4.03. The second kappa shape index (κ2) is 10.1. The van der Waals surface area contributed by atoms with E-state index in [0.29, 0.717) is 22.7 Å². The number of halogens is 2. The van der Waals surface area contributed by atoms with Crippen LogP contribution in [0.4, 0.5) is 19.5 Å². The third-order valence-electron chi connectivity index (χ3n) is 3.97. The summed E-state index contributed by atoms with van der Waals surface area (Å²) in [6.07, 6.45) is 0.670. The van der Waals surface area contributed by atoms with Gasteiger partial charge in [0.1, 0.15) is 10.8 Å². The van der Waals surface area contributed by atoms with Gasteiger partial charge in [0, 0.05) is 17.0 Å². The summed E-state index contributed by atoms with van der Waals surface area (Å²) in [6.45, 7) is -2.88. The Morgan fingerprint density at radius 2 is 1.80 bits per heavy atom. The normalized spacial score (nSPS) is 10.5. The molecule has 30 heavy (non-hydrogen) atoms. The van der Waals surface area contributed by atoms with Crippen LogP contribution in [0, 0.1) is 0 Å². The Kier molecular flexibility index (Phi) is 7.31. The van der Waals surface area contributed by atoms with E-state index in [1.807, 2.05) is 30.3 Å². The number of ether oxygens (including phenoxy) is 2. The molecular formula is C21H18F2N2O3S2. The predicted octanol–water partition coefficient (Wildman–Crippen LogP) is 5.54. The largest absolute Gasteiger partial charge is 0.465 e. The van der Waals surface area contributed by atoms with Gasteiger partial charge in [-0.2, -0.15) is 8.78 Å². The van der Waals surface area contributed by atoms with Crippen LogP contribution in [0.25, 0.3) is 0 Å². The van der Waals surface area contributed by atoms with Crippen LogP contribution in [0.1, 0.15) is 20.8 Å². The van der Waals surface area contributed by atoms with Crippen molar-refractivity contribution >= 4 is 45.3 Å². The number of hydrogen-bond acceptors (Lipinski definition) is 5. The van der Waals surface area contributed by atoms with E-state index in [1.54, 1.807) is 18.2 Å². The van der Waals surface area contributed by atoms with Gasteiger partial charge in [-0.15, -0.1) is 11.3 Å². The Labute approximate surface area is 181 Å². The third-order valence-corrected chi connectivity index (χ3v) is 5.23. The number of methoxy groups -OCH3 is 1. The zero-order valence-corrected chi connectivity index (χ0v) is 17.5. The van der Waals surface area contributed by atoms with E-state index in [-0.39, 0.29) is 10.9 Å². The lowest BCUT2D eigenvalue weighted by Gasteiger charge is -2.11. The van der Waals surface area contributed by atoms with E-state index in [4.69, 9.17) is 17.0 Å². The molecule has 0 fully saturated rings. The van der Waals surface area contributed by atoms with Crippen molar-refractivity contribution in [3.63, 3.8) is 0 Å². The summed E-state index contributed by atoms with van der Waals surface area (Å²) >= 11 is 6.73. The molecule has 0 atom stereocenters. The summed E-state index contributed by atoms with van der Waals surface area (Å²) in [4.78, 5) is 13.1. The van der Waals surface area contributed by atoms with Crippen molar-refractivity contribution in [1.29, 1.82) is 0 Å². The molecule has 0 aliphatic carbocycles. The van der Waals surface area contributed by atoms with E-state index >= 15 is 0 Å². The fraction of sp³-hybridized carbons (Fsp3) is 0.143. The molecule has 0 bridgehead atoms. The third kappa shape index (κ3) is 5.98. The summed E-state index contributed by atoms with van der Waals surface area (Å²) in [5.74, 6) is -0.421. The van der Waals surface area contributed by atoms with Crippen molar-refractivity contribution in [2.45, 2.75) is 13.0 Å². The Bertz CT molecular complexity index is 1010. The summed E-state index contributed by atoms with van der Waals surface area (Å²) in [6, 6.07) is 17.6. The number of esters is 1. The van der Waals surface area contributed by atoms with Gasteiger partial charge in [-0.1, -0.05) is 30.3 Å². The van der Waals surface area contributed by atoms with Gasteiger partial charge in [0.15, 0.2) is 5.11 Å². The second-order valence-electron chi connectivity index (χ2n) is 6.09. The minimum Gasteiger partial charge on any atom is -0.465 e. The summed E-state index contributed by atoms with van der Waals surface area (Å²) in [7, 11) is 1.32. The van der Waals surface area contributed by atoms with Crippen LogP contribution >= 0.6 is 23.6 Å². The number of carbonyl (C=O) groups excluding carboxylic acids is 1. The first kappa shape index (κ1) is 21.7. The molecule has 3 aromatic rings. The van der Waals surface area contributed by atoms with E-state index in [0.717, 1.165) is 10.4 Å². The highest BCUT2D eigenvalue weighted by molar-refractivity contribution is 7.80. The highest BCUT2D eigenvalue weighted by Crippen LogP contribution is 2.31. The second-order valence-corrected chi connectivity index (χ2v) is 7.64. The number of hydrogen-bond donors (Lipinski definition) is 2. The van der Waals surface area contributed by atoms with Crippen molar-refractivity contribution in [1.82, 2.24) is 0 Å². The molecule has 0 unspecified atom stereocenters. The summed E-state index contributed by atoms with van der Waals surface area (Å²) in [5, 5.41) is 6.76. The molecular weight excluding hydrogens is 430 g/mol. The van der Waals surface area contributed by atoms with Crippen LogP contribution in [0.2, 0.25) is 0 Å². The van der Waals surface area contributed by atoms with Crippen LogP contribution in [0.15, 0.2) is 60.7 Å². The Hall–Kier alpha value is -3.04. The van der Waals surface area contributed by atoms with Gasteiger partial charge in [-0.25, -0.2) is 4.79 Å². The van der Waals surface area contributed by atoms with Crippen molar-refractivity contribution < 1.29 is 23.0 Å². The minimum atomic E-state index is -2.88. The SMILES string of the molecule is COC(=O)c1cc(Cc2ccccc2)sc1NC(=S)Nc1ccc(OC(F)F)cc1. The number of anilines is 2. The fourth-order valence-electron chi connectivity index (χ4n) is 2.67. The highest BCUT2D eigenvalue weighted by atomic mass is 32.1. The van der Waals surface area contributed by atoms with Gasteiger partial charge in [-0.3, -0.25) is 0 Å². The lowest BCUT2D eigenvalue weighted by atomic mass is 10.1. The zero-order chi connectivity index (χ0) is 21.5. The van der Waals surface area contributed by atoms with E-state index in [9.17, 15) is 13.6 Å². The van der Waals surface area contributed by atoms with Crippen molar-refractivity contribution in [2.24, 2.45) is 0 Å². The summed E-state index contributed by atoms with van der Waals surface area (Å²) in [5.41, 5.74) is 2.08. The molecule has 0 saturated carbocycles. The van der Waals surface area contributed by atoms with Crippen molar-refractivity contribution in [3.8, 4) is 5.75 Å². The number of nitrogens with one attached hydrogen (secondary N) is 2. The van der Waals surface area contributed by atoms with Gasteiger partial charge < -0.3 is 20.1 Å². The van der Waals surface area contributed by atoms with Gasteiger partial charge in [0.25, 0.3) is 0 Å². The lowest BCUT2D eigenvalue weighted by Crippen LogP contribution is -2.19. The molecule has 0 amide bonds.